The number of nitrogens with zero attached hydrogens (tertiary/aromatic N) is 1. The molecule has 1 amide bonds. The standard InChI is InChI=1S/C20H30N2O6S/c1-5-27-20(24)16-10-12-22(13-11-16)29(25,26)18-8-6-17(7-9-18)28-15(4)19(23)21-14(2)3/h6-9,14-16H,5,10-13H2,1-4H3,(H,21,23). The number of esters is 1. The van der Waals surface area contributed by atoms with Crippen LogP contribution in [0.5, 0.6) is 5.75 Å². The van der Waals surface area contributed by atoms with Crippen molar-refractivity contribution in [2.45, 2.75) is 57.6 Å². The number of amides is 1. The molecule has 1 aromatic rings. The van der Waals surface area contributed by atoms with Crippen molar-refractivity contribution in [3.63, 3.8) is 0 Å². The molecule has 0 spiro atoms. The Morgan fingerprint density at radius 2 is 1.72 bits per heavy atom. The Morgan fingerprint density at radius 1 is 1.14 bits per heavy atom. The summed E-state index contributed by atoms with van der Waals surface area (Å²) >= 11 is 0. The molecule has 1 fully saturated rings. The van der Waals surface area contributed by atoms with E-state index in [9.17, 15) is 18.0 Å². The summed E-state index contributed by atoms with van der Waals surface area (Å²) in [6.07, 6.45) is 0.200. The number of sulfonamides is 1. The first kappa shape index (κ1) is 23.2. The highest BCUT2D eigenvalue weighted by Gasteiger charge is 2.32. The van der Waals surface area contributed by atoms with Gasteiger partial charge >= 0.3 is 5.97 Å². The van der Waals surface area contributed by atoms with Crippen molar-refractivity contribution < 1.29 is 27.5 Å². The fourth-order valence-corrected chi connectivity index (χ4v) is 4.56. The average Bonchev–Trinajstić information content (AvgIpc) is 2.68. The van der Waals surface area contributed by atoms with Crippen LogP contribution in [0.25, 0.3) is 0 Å². The summed E-state index contributed by atoms with van der Waals surface area (Å²) in [7, 11) is -3.65. The van der Waals surface area contributed by atoms with Crippen LogP contribution in [0, 0.1) is 5.92 Å². The van der Waals surface area contributed by atoms with Gasteiger partial charge in [-0.3, -0.25) is 9.59 Å². The normalized spacial score (nSPS) is 17.0. The zero-order valence-electron chi connectivity index (χ0n) is 17.4. The minimum Gasteiger partial charge on any atom is -0.481 e. The molecule has 8 nitrogen and oxygen atoms in total. The molecule has 9 heteroatoms. The number of benzene rings is 1. The van der Waals surface area contributed by atoms with Crippen LogP contribution in [0.4, 0.5) is 0 Å². The van der Waals surface area contributed by atoms with Gasteiger partial charge in [0, 0.05) is 19.1 Å². The topological polar surface area (TPSA) is 102 Å². The molecular weight excluding hydrogens is 396 g/mol. The first-order valence-corrected chi connectivity index (χ1v) is 11.3. The maximum atomic E-state index is 12.9. The first-order chi connectivity index (χ1) is 13.6. The molecule has 1 saturated heterocycles. The highest BCUT2D eigenvalue weighted by Crippen LogP contribution is 2.26. The number of carbonyl (C=O) groups excluding carboxylic acids is 2. The van der Waals surface area contributed by atoms with Gasteiger partial charge in [0.1, 0.15) is 5.75 Å². The fourth-order valence-electron chi connectivity index (χ4n) is 3.09. The van der Waals surface area contributed by atoms with Gasteiger partial charge in [-0.15, -0.1) is 0 Å². The summed E-state index contributed by atoms with van der Waals surface area (Å²) in [6, 6.07) is 6.02. The van der Waals surface area contributed by atoms with Gasteiger partial charge in [0.2, 0.25) is 10.0 Å². The quantitative estimate of drug-likeness (QED) is 0.638. The van der Waals surface area contributed by atoms with E-state index in [0.717, 1.165) is 0 Å². The predicted octanol–water partition coefficient (Wildman–Crippen LogP) is 1.94. The van der Waals surface area contributed by atoms with E-state index < -0.39 is 16.1 Å². The second-order valence-corrected chi connectivity index (χ2v) is 9.26. The Bertz CT molecular complexity index is 799. The van der Waals surface area contributed by atoms with E-state index in [2.05, 4.69) is 5.32 Å². The van der Waals surface area contributed by atoms with Crippen LogP contribution < -0.4 is 10.1 Å². The highest BCUT2D eigenvalue weighted by atomic mass is 32.2. The summed E-state index contributed by atoms with van der Waals surface area (Å²) in [5.41, 5.74) is 0. The first-order valence-electron chi connectivity index (χ1n) is 9.89. The summed E-state index contributed by atoms with van der Waals surface area (Å²) in [6.45, 7) is 7.98. The summed E-state index contributed by atoms with van der Waals surface area (Å²) < 4.78 is 37.7. The Kier molecular flexibility index (Phi) is 8.04. The summed E-state index contributed by atoms with van der Waals surface area (Å²) in [5, 5.41) is 2.76. The van der Waals surface area contributed by atoms with Crippen LogP contribution in [-0.2, 0) is 24.3 Å². The second kappa shape index (κ2) is 10.1. The third kappa shape index (κ3) is 6.17. The summed E-state index contributed by atoms with van der Waals surface area (Å²) in [4.78, 5) is 23.9. The van der Waals surface area contributed by atoms with Crippen LogP contribution in [0.15, 0.2) is 29.2 Å². The molecule has 162 valence electrons. The van der Waals surface area contributed by atoms with Crippen LogP contribution in [0.2, 0.25) is 0 Å². The third-order valence-electron chi connectivity index (χ3n) is 4.65. The van der Waals surface area contributed by atoms with E-state index in [-0.39, 0.29) is 41.8 Å². The van der Waals surface area contributed by atoms with Gasteiger partial charge in [-0.2, -0.15) is 4.31 Å². The molecule has 0 radical (unpaired) electrons. The van der Waals surface area contributed by atoms with Crippen LogP contribution >= 0.6 is 0 Å². The minimum atomic E-state index is -3.65. The molecule has 0 aliphatic carbocycles. The Labute approximate surface area is 172 Å². The van der Waals surface area contributed by atoms with Crippen molar-refractivity contribution in [1.82, 2.24) is 9.62 Å². The molecule has 2 rings (SSSR count). The van der Waals surface area contributed by atoms with Gasteiger partial charge < -0.3 is 14.8 Å². The maximum absolute atomic E-state index is 12.9. The zero-order chi connectivity index (χ0) is 21.6. The van der Waals surface area contributed by atoms with Crippen molar-refractivity contribution in [2.75, 3.05) is 19.7 Å². The van der Waals surface area contributed by atoms with E-state index in [1.807, 2.05) is 13.8 Å². The Morgan fingerprint density at radius 3 is 2.24 bits per heavy atom. The maximum Gasteiger partial charge on any atom is 0.309 e. The molecule has 1 heterocycles. The Hall–Kier alpha value is -2.13. The monoisotopic (exact) mass is 426 g/mol. The molecule has 1 N–H and O–H groups in total. The lowest BCUT2D eigenvalue weighted by molar-refractivity contribution is -0.149. The average molecular weight is 427 g/mol. The Balaban J connectivity index is 1.98. The molecule has 0 bridgehead atoms. The van der Waals surface area contributed by atoms with Gasteiger partial charge in [-0.25, -0.2) is 8.42 Å². The van der Waals surface area contributed by atoms with Gasteiger partial charge in [0.25, 0.3) is 5.91 Å². The molecule has 1 unspecified atom stereocenters. The second-order valence-electron chi connectivity index (χ2n) is 7.33. The molecule has 1 aliphatic heterocycles. The molecule has 1 aromatic carbocycles. The minimum absolute atomic E-state index is 0.00837. The van der Waals surface area contributed by atoms with Crippen LogP contribution in [-0.4, -0.2) is 56.4 Å². The SMILES string of the molecule is CCOC(=O)C1CCN(S(=O)(=O)c2ccc(OC(C)C(=O)NC(C)C)cc2)CC1. The molecular formula is C20H30N2O6S. The lowest BCUT2D eigenvalue weighted by Crippen LogP contribution is -2.40. The van der Waals surface area contributed by atoms with Gasteiger partial charge in [-0.1, -0.05) is 0 Å². The number of ether oxygens (including phenoxy) is 2. The lowest BCUT2D eigenvalue weighted by Gasteiger charge is -2.30. The van der Waals surface area contributed by atoms with Crippen LogP contribution in [0.1, 0.15) is 40.5 Å². The van der Waals surface area contributed by atoms with Gasteiger partial charge in [-0.05, 0) is 64.8 Å². The number of hydrogen-bond acceptors (Lipinski definition) is 6. The molecule has 0 saturated carbocycles. The smallest absolute Gasteiger partial charge is 0.309 e. The predicted molar refractivity (Wildman–Crippen MR) is 108 cm³/mol. The number of piperidine rings is 1. The molecule has 0 aromatic heterocycles. The van der Waals surface area contributed by atoms with Gasteiger partial charge in [0.15, 0.2) is 6.10 Å². The summed E-state index contributed by atoms with van der Waals surface area (Å²) in [5.74, 6) is -0.338. The van der Waals surface area contributed by atoms with Crippen molar-refractivity contribution >= 4 is 21.9 Å². The largest absolute Gasteiger partial charge is 0.481 e. The zero-order valence-corrected chi connectivity index (χ0v) is 18.2. The van der Waals surface area contributed by atoms with E-state index in [1.165, 1.54) is 28.6 Å². The number of carbonyl (C=O) groups is 2. The molecule has 29 heavy (non-hydrogen) atoms. The lowest BCUT2D eigenvalue weighted by atomic mass is 9.98. The van der Waals surface area contributed by atoms with Crippen molar-refractivity contribution in [2.24, 2.45) is 5.92 Å². The van der Waals surface area contributed by atoms with Crippen molar-refractivity contribution in [1.29, 1.82) is 0 Å². The number of nitrogens with one attached hydrogen (secondary N) is 1. The van der Waals surface area contributed by atoms with E-state index in [1.54, 1.807) is 13.8 Å². The van der Waals surface area contributed by atoms with E-state index >= 15 is 0 Å². The fraction of sp³-hybridized carbons (Fsp3) is 0.600. The van der Waals surface area contributed by atoms with Crippen molar-refractivity contribution in [3.05, 3.63) is 24.3 Å². The van der Waals surface area contributed by atoms with Crippen LogP contribution in [0.3, 0.4) is 0 Å². The van der Waals surface area contributed by atoms with E-state index in [4.69, 9.17) is 9.47 Å². The molecule has 1 aliphatic rings. The highest BCUT2D eigenvalue weighted by molar-refractivity contribution is 7.89. The van der Waals surface area contributed by atoms with Gasteiger partial charge in [0.05, 0.1) is 17.4 Å². The third-order valence-corrected chi connectivity index (χ3v) is 6.56. The van der Waals surface area contributed by atoms with E-state index in [0.29, 0.717) is 25.2 Å². The number of rotatable bonds is 8. The van der Waals surface area contributed by atoms with Crippen molar-refractivity contribution in [3.8, 4) is 5.75 Å². The molecule has 1 atom stereocenters. The number of hydrogen-bond donors (Lipinski definition) is 1.